The zero-order valence-corrected chi connectivity index (χ0v) is 20.8. The Morgan fingerprint density at radius 1 is 1.18 bits per heavy atom. The molecule has 1 saturated heterocycles. The van der Waals surface area contributed by atoms with Gasteiger partial charge in [-0.3, -0.25) is 4.79 Å². The third kappa shape index (κ3) is 6.12. The van der Waals surface area contributed by atoms with Crippen LogP contribution in [0.3, 0.4) is 0 Å². The lowest BCUT2D eigenvalue weighted by Gasteiger charge is -2.31. The van der Waals surface area contributed by atoms with Crippen LogP contribution in [0.15, 0.2) is 47.4 Å². The largest absolute Gasteiger partial charge is 0.354 e. The summed E-state index contributed by atoms with van der Waals surface area (Å²) in [7, 11) is 0.178. The van der Waals surface area contributed by atoms with Crippen molar-refractivity contribution in [1.29, 1.82) is 0 Å². The Bertz CT molecular complexity index is 1070. The molecule has 1 aliphatic rings. The van der Waals surface area contributed by atoms with Crippen LogP contribution < -0.4 is 5.32 Å². The molecule has 6 nitrogen and oxygen atoms in total. The van der Waals surface area contributed by atoms with Crippen molar-refractivity contribution in [2.45, 2.75) is 37.1 Å². The molecule has 0 aliphatic carbocycles. The summed E-state index contributed by atoms with van der Waals surface area (Å²) in [4.78, 5) is 14.8. The molecule has 1 fully saturated rings. The quantitative estimate of drug-likeness (QED) is 0.603. The Kier molecular flexibility index (Phi) is 8.50. The van der Waals surface area contributed by atoms with Crippen LogP contribution in [0.4, 0.5) is 4.39 Å². The van der Waals surface area contributed by atoms with Crippen molar-refractivity contribution in [1.82, 2.24) is 14.5 Å². The van der Waals surface area contributed by atoms with Crippen molar-refractivity contribution in [3.05, 3.63) is 64.4 Å². The molecular weight excluding hydrogens is 465 g/mol. The Labute approximate surface area is 200 Å². The first kappa shape index (κ1) is 25.6. The van der Waals surface area contributed by atoms with E-state index in [1.807, 2.05) is 14.1 Å². The Hall–Kier alpha value is -2.00. The predicted octanol–water partition coefficient (Wildman–Crippen LogP) is 3.86. The molecule has 0 aromatic heterocycles. The molecular formula is C24H31ClFN3O3S. The van der Waals surface area contributed by atoms with Crippen molar-refractivity contribution in [2.75, 3.05) is 33.7 Å². The van der Waals surface area contributed by atoms with Crippen molar-refractivity contribution in [3.8, 4) is 0 Å². The minimum absolute atomic E-state index is 0.0419. The number of sulfonamides is 1. The Balaban J connectivity index is 1.57. The number of nitrogens with zero attached hydrogens (tertiary/aromatic N) is 2. The van der Waals surface area contributed by atoms with Crippen LogP contribution in [0, 0.1) is 11.7 Å². The van der Waals surface area contributed by atoms with Gasteiger partial charge in [-0.15, -0.1) is 0 Å². The van der Waals surface area contributed by atoms with Gasteiger partial charge in [0.1, 0.15) is 5.82 Å². The van der Waals surface area contributed by atoms with E-state index in [1.54, 1.807) is 0 Å². The smallest absolute Gasteiger partial charge is 0.243 e. The second kappa shape index (κ2) is 11.0. The van der Waals surface area contributed by atoms with E-state index in [0.717, 1.165) is 24.1 Å². The minimum atomic E-state index is -3.79. The number of piperidine rings is 1. The molecule has 0 spiro atoms. The molecule has 1 heterocycles. The van der Waals surface area contributed by atoms with Gasteiger partial charge in [0.05, 0.1) is 16.0 Å². The van der Waals surface area contributed by atoms with Crippen LogP contribution in [0.5, 0.6) is 0 Å². The summed E-state index contributed by atoms with van der Waals surface area (Å²) in [6, 6.07) is 11.8. The summed E-state index contributed by atoms with van der Waals surface area (Å²) in [5.41, 5.74) is 2.40. The minimum Gasteiger partial charge on any atom is -0.354 e. The third-order valence-corrected chi connectivity index (χ3v) is 8.40. The number of amides is 1. The highest BCUT2D eigenvalue weighted by Crippen LogP contribution is 2.27. The molecule has 180 valence electrons. The molecule has 0 bridgehead atoms. The van der Waals surface area contributed by atoms with Gasteiger partial charge in [0.15, 0.2) is 0 Å². The summed E-state index contributed by atoms with van der Waals surface area (Å²) in [5, 5.41) is 2.82. The maximum Gasteiger partial charge on any atom is 0.243 e. The highest BCUT2D eigenvalue weighted by Gasteiger charge is 2.32. The highest BCUT2D eigenvalue weighted by molar-refractivity contribution is 7.89. The summed E-state index contributed by atoms with van der Waals surface area (Å²) in [6.45, 7) is 3.05. The van der Waals surface area contributed by atoms with Gasteiger partial charge < -0.3 is 10.2 Å². The van der Waals surface area contributed by atoms with Gasteiger partial charge in [0.2, 0.25) is 15.9 Å². The van der Waals surface area contributed by atoms with Gasteiger partial charge in [-0.2, -0.15) is 4.31 Å². The number of halogens is 2. The molecule has 2 aromatic carbocycles. The van der Waals surface area contributed by atoms with Gasteiger partial charge in [-0.05, 0) is 62.7 Å². The van der Waals surface area contributed by atoms with E-state index in [1.165, 1.54) is 15.9 Å². The van der Waals surface area contributed by atoms with Crippen molar-refractivity contribution in [2.24, 2.45) is 5.92 Å². The summed E-state index contributed by atoms with van der Waals surface area (Å²) < 4.78 is 40.5. The van der Waals surface area contributed by atoms with Gasteiger partial charge in [-0.25, -0.2) is 12.8 Å². The maximum atomic E-state index is 13.4. The topological polar surface area (TPSA) is 69.7 Å². The first-order chi connectivity index (χ1) is 15.6. The molecule has 1 aliphatic heterocycles. The monoisotopic (exact) mass is 495 g/mol. The van der Waals surface area contributed by atoms with Gasteiger partial charge in [-0.1, -0.05) is 42.8 Å². The number of likely N-dealkylation sites (N-methyl/N-ethyl adjacent to an activating group) is 1. The molecule has 1 atom stereocenters. The van der Waals surface area contributed by atoms with Crippen molar-refractivity contribution < 1.29 is 17.6 Å². The fraction of sp³-hybridized carbons (Fsp3) is 0.458. The number of rotatable bonds is 8. The van der Waals surface area contributed by atoms with Crippen molar-refractivity contribution >= 4 is 27.5 Å². The summed E-state index contributed by atoms with van der Waals surface area (Å²) in [6.07, 6.45) is 1.84. The molecule has 2 aromatic rings. The van der Waals surface area contributed by atoms with E-state index < -0.39 is 15.8 Å². The normalized spacial score (nSPS) is 16.7. The van der Waals surface area contributed by atoms with E-state index in [2.05, 4.69) is 41.4 Å². The zero-order chi connectivity index (χ0) is 24.2. The lowest BCUT2D eigenvalue weighted by molar-refractivity contribution is -0.126. The SMILES string of the molecule is CCc1ccc([C@@H](CNC(=O)C2CCN(S(=O)(=O)c3ccc(F)c(Cl)c3)CC2)N(C)C)cc1. The van der Waals surface area contributed by atoms with Crippen LogP contribution in [-0.4, -0.2) is 57.3 Å². The number of aryl methyl sites for hydroxylation is 1. The van der Waals surface area contributed by atoms with Gasteiger partial charge in [0.25, 0.3) is 0 Å². The summed E-state index contributed by atoms with van der Waals surface area (Å²) >= 11 is 5.75. The van der Waals surface area contributed by atoms with E-state index >= 15 is 0 Å². The lowest BCUT2D eigenvalue weighted by atomic mass is 9.96. The van der Waals surface area contributed by atoms with E-state index in [-0.39, 0.29) is 40.9 Å². The van der Waals surface area contributed by atoms with E-state index in [0.29, 0.717) is 19.4 Å². The molecule has 33 heavy (non-hydrogen) atoms. The average Bonchev–Trinajstić information content (AvgIpc) is 2.81. The van der Waals surface area contributed by atoms with Gasteiger partial charge >= 0.3 is 0 Å². The number of carbonyl (C=O) groups is 1. The number of hydrogen-bond donors (Lipinski definition) is 1. The first-order valence-corrected chi connectivity index (χ1v) is 12.9. The second-order valence-corrected chi connectivity index (χ2v) is 10.9. The fourth-order valence-electron chi connectivity index (χ4n) is 4.06. The predicted molar refractivity (Wildman–Crippen MR) is 128 cm³/mol. The molecule has 0 unspecified atom stereocenters. The molecule has 1 N–H and O–H groups in total. The van der Waals surface area contributed by atoms with Crippen LogP contribution in [0.1, 0.15) is 36.9 Å². The number of benzene rings is 2. The maximum absolute atomic E-state index is 13.4. The van der Waals surface area contributed by atoms with Crippen LogP contribution in [0.25, 0.3) is 0 Å². The highest BCUT2D eigenvalue weighted by atomic mass is 35.5. The Morgan fingerprint density at radius 3 is 2.36 bits per heavy atom. The number of nitrogens with one attached hydrogen (secondary N) is 1. The molecule has 0 saturated carbocycles. The Morgan fingerprint density at radius 2 is 1.82 bits per heavy atom. The molecule has 0 radical (unpaired) electrons. The molecule has 3 rings (SSSR count). The third-order valence-electron chi connectivity index (χ3n) is 6.22. The fourth-order valence-corrected chi connectivity index (χ4v) is 5.80. The standard InChI is InChI=1S/C24H31ClFN3O3S/c1-4-17-5-7-18(8-6-17)23(28(2)3)16-27-24(30)19-11-13-29(14-12-19)33(31,32)20-9-10-22(26)21(25)15-20/h5-10,15,19,23H,4,11-14,16H2,1-3H3,(H,27,30)/t23-/m1/s1. The van der Waals surface area contributed by atoms with Crippen LogP contribution >= 0.6 is 11.6 Å². The van der Waals surface area contributed by atoms with Crippen LogP contribution in [-0.2, 0) is 21.2 Å². The number of hydrogen-bond acceptors (Lipinski definition) is 4. The second-order valence-electron chi connectivity index (χ2n) is 8.57. The van der Waals surface area contributed by atoms with E-state index in [4.69, 9.17) is 11.6 Å². The van der Waals surface area contributed by atoms with Crippen LogP contribution in [0.2, 0.25) is 5.02 Å². The summed E-state index contributed by atoms with van der Waals surface area (Å²) in [5.74, 6) is -0.976. The van der Waals surface area contributed by atoms with Gasteiger partial charge in [0, 0.05) is 25.6 Å². The average molecular weight is 496 g/mol. The number of carbonyl (C=O) groups excluding carboxylic acids is 1. The van der Waals surface area contributed by atoms with E-state index in [9.17, 15) is 17.6 Å². The first-order valence-electron chi connectivity index (χ1n) is 11.1. The zero-order valence-electron chi connectivity index (χ0n) is 19.2. The molecule has 9 heteroatoms. The molecule has 1 amide bonds. The van der Waals surface area contributed by atoms with Crippen molar-refractivity contribution in [3.63, 3.8) is 0 Å². The lowest BCUT2D eigenvalue weighted by Crippen LogP contribution is -2.44.